The molecule has 0 aromatic carbocycles. The summed E-state index contributed by atoms with van der Waals surface area (Å²) in [5.74, 6) is -0.144. The third kappa shape index (κ3) is 47.0. The van der Waals surface area contributed by atoms with Crippen molar-refractivity contribution in [2.24, 2.45) is 0 Å². The van der Waals surface area contributed by atoms with Crippen LogP contribution in [0.25, 0.3) is 0 Å². The van der Waals surface area contributed by atoms with Gasteiger partial charge in [0.2, 0.25) is 0 Å². The maximum Gasteiger partial charge on any atom is 0.305 e. The molecule has 0 rings (SSSR count). The van der Waals surface area contributed by atoms with Crippen molar-refractivity contribution in [3.8, 4) is 0 Å². The maximum absolute atomic E-state index is 11.7. The predicted octanol–water partition coefficient (Wildman–Crippen LogP) is 3.04. The number of unbranched alkanes of at least 4 members (excludes halogenated alkanes) is 5. The van der Waals surface area contributed by atoms with Gasteiger partial charge in [0.15, 0.2) is 0 Å². The summed E-state index contributed by atoms with van der Waals surface area (Å²) >= 11 is 0. The second-order valence-electron chi connectivity index (χ2n) is 11.9. The third-order valence-corrected chi connectivity index (χ3v) is 7.00. The van der Waals surface area contributed by atoms with E-state index in [-0.39, 0.29) is 12.6 Å². The van der Waals surface area contributed by atoms with E-state index in [1.54, 1.807) is 0 Å². The van der Waals surface area contributed by atoms with Crippen LogP contribution in [-0.4, -0.2) is 197 Å². The zero-order valence-electron chi connectivity index (χ0n) is 33.0. The minimum Gasteiger partial charge on any atom is -0.463 e. The quantitative estimate of drug-likeness (QED) is 0.0664. The Morgan fingerprint density at radius 2 is 0.596 bits per heavy atom. The molecule has 0 heterocycles. The molecular weight excluding hydrogens is 682 g/mol. The van der Waals surface area contributed by atoms with Crippen molar-refractivity contribution >= 4 is 5.97 Å². The predicted molar refractivity (Wildman–Crippen MR) is 197 cm³/mol. The molecule has 0 aromatic rings. The Morgan fingerprint density at radius 3 is 0.885 bits per heavy atom. The lowest BCUT2D eigenvalue weighted by molar-refractivity contribution is -0.145. The second kappa shape index (κ2) is 46.1. The van der Waals surface area contributed by atoms with E-state index in [1.165, 1.54) is 25.7 Å². The second-order valence-corrected chi connectivity index (χ2v) is 11.9. The normalized spacial score (nSPS) is 11.6. The molecule has 15 nitrogen and oxygen atoms in total. The molecule has 0 radical (unpaired) electrons. The van der Waals surface area contributed by atoms with Gasteiger partial charge in [-0.2, -0.15) is 0 Å². The first kappa shape index (κ1) is 51.0. The summed E-state index contributed by atoms with van der Waals surface area (Å²) in [6, 6.07) is 0. The van der Waals surface area contributed by atoms with Gasteiger partial charge in [0.05, 0.1) is 159 Å². The molecule has 0 spiro atoms. The zero-order chi connectivity index (χ0) is 37.7. The van der Waals surface area contributed by atoms with Crippen molar-refractivity contribution in [2.45, 2.75) is 51.9 Å². The fourth-order valence-electron chi connectivity index (χ4n) is 4.10. The summed E-state index contributed by atoms with van der Waals surface area (Å²) in [5, 5.41) is 0. The van der Waals surface area contributed by atoms with E-state index in [2.05, 4.69) is 11.8 Å². The smallest absolute Gasteiger partial charge is 0.305 e. The molecule has 0 amide bonds. The average Bonchev–Trinajstić information content (AvgIpc) is 3.13. The summed E-state index contributed by atoms with van der Waals surface area (Å²) < 4.78 is 70.9. The van der Waals surface area contributed by atoms with Crippen LogP contribution in [0.3, 0.4) is 0 Å². The number of likely N-dealkylation sites (N-methyl/N-ethyl adjacent to an activating group) is 1. The molecule has 0 saturated heterocycles. The van der Waals surface area contributed by atoms with Crippen LogP contribution in [0.15, 0.2) is 0 Å². The van der Waals surface area contributed by atoms with Crippen molar-refractivity contribution in [3.63, 3.8) is 0 Å². The number of hydrogen-bond acceptors (Lipinski definition) is 15. The monoisotopic (exact) mass is 758 g/mol. The lowest BCUT2D eigenvalue weighted by atomic mass is 10.1. The highest BCUT2D eigenvalue weighted by Crippen LogP contribution is 2.07. The van der Waals surface area contributed by atoms with E-state index in [0.717, 1.165) is 19.4 Å². The van der Waals surface area contributed by atoms with Crippen LogP contribution in [-0.2, 0) is 66.4 Å². The molecule has 0 aliphatic rings. The topological polar surface area (TPSA) is 140 Å². The highest BCUT2D eigenvalue weighted by atomic mass is 16.6. The summed E-state index contributed by atoms with van der Waals surface area (Å²) in [4.78, 5) is 13.8. The molecule has 15 heteroatoms. The summed E-state index contributed by atoms with van der Waals surface area (Å²) in [6.07, 6.45) is 7.42. The first-order valence-electron chi connectivity index (χ1n) is 19.4. The Balaban J connectivity index is 3.09. The molecule has 0 bridgehead atoms. The number of hydrogen-bond donors (Lipinski definition) is 0. The fraction of sp³-hybridized carbons (Fsp3) is 0.973. The van der Waals surface area contributed by atoms with E-state index < -0.39 is 0 Å². The van der Waals surface area contributed by atoms with Crippen LogP contribution in [0.1, 0.15) is 51.9 Å². The van der Waals surface area contributed by atoms with E-state index in [0.29, 0.717) is 165 Å². The molecule has 52 heavy (non-hydrogen) atoms. The molecule has 0 aromatic heterocycles. The summed E-state index contributed by atoms with van der Waals surface area (Å²) in [7, 11) is 4.04. The van der Waals surface area contributed by atoms with Crippen molar-refractivity contribution < 1.29 is 66.4 Å². The van der Waals surface area contributed by atoms with Crippen molar-refractivity contribution in [2.75, 3.05) is 186 Å². The number of nitrogens with zero attached hydrogens (tertiary/aromatic N) is 1. The van der Waals surface area contributed by atoms with Gasteiger partial charge in [0, 0.05) is 13.0 Å². The van der Waals surface area contributed by atoms with E-state index in [1.807, 2.05) is 14.1 Å². The van der Waals surface area contributed by atoms with E-state index >= 15 is 0 Å². The third-order valence-electron chi connectivity index (χ3n) is 7.00. The fourth-order valence-corrected chi connectivity index (χ4v) is 4.10. The van der Waals surface area contributed by atoms with Crippen LogP contribution in [0.4, 0.5) is 0 Å². The van der Waals surface area contributed by atoms with Crippen LogP contribution < -0.4 is 0 Å². The van der Waals surface area contributed by atoms with Gasteiger partial charge in [0.1, 0.15) is 6.61 Å². The molecule has 0 atom stereocenters. The summed E-state index contributed by atoms with van der Waals surface area (Å²) in [5.41, 5.74) is 0. The largest absolute Gasteiger partial charge is 0.463 e. The van der Waals surface area contributed by atoms with Crippen molar-refractivity contribution in [3.05, 3.63) is 0 Å². The highest BCUT2D eigenvalue weighted by Gasteiger charge is 2.03. The number of rotatable bonds is 46. The van der Waals surface area contributed by atoms with Gasteiger partial charge in [-0.05, 0) is 20.5 Å². The number of carbonyl (C=O) groups excluding carboxylic acids is 1. The van der Waals surface area contributed by atoms with E-state index in [4.69, 9.17) is 61.6 Å². The van der Waals surface area contributed by atoms with Gasteiger partial charge < -0.3 is 66.5 Å². The Bertz CT molecular complexity index is 680. The van der Waals surface area contributed by atoms with Crippen LogP contribution in [0.5, 0.6) is 0 Å². The highest BCUT2D eigenvalue weighted by molar-refractivity contribution is 5.69. The first-order valence-corrected chi connectivity index (χ1v) is 19.4. The van der Waals surface area contributed by atoms with Crippen molar-refractivity contribution in [1.82, 2.24) is 4.90 Å². The maximum atomic E-state index is 11.7. The first-order chi connectivity index (χ1) is 25.7. The number of ether oxygens (including phenoxy) is 13. The minimum absolute atomic E-state index is 0.144. The van der Waals surface area contributed by atoms with Gasteiger partial charge in [-0.25, -0.2) is 0 Å². The number of carbonyl (C=O) groups is 1. The lowest BCUT2D eigenvalue weighted by Crippen LogP contribution is -2.19. The lowest BCUT2D eigenvalue weighted by Gasteiger charge is -2.10. The Hall–Kier alpha value is -1.05. The van der Waals surface area contributed by atoms with Gasteiger partial charge >= 0.3 is 5.97 Å². The molecule has 0 unspecified atom stereocenters. The van der Waals surface area contributed by atoms with Crippen molar-refractivity contribution in [1.29, 1.82) is 0 Å². The van der Waals surface area contributed by atoms with Gasteiger partial charge in [-0.1, -0.05) is 39.0 Å². The Labute approximate surface area is 314 Å². The standard InChI is InChI=1S/C37H75NO14/c1-4-5-6-7-8-9-10-37(39)52-36-35-51-34-33-50-32-31-49-30-29-48-28-27-47-26-25-46-24-23-45-22-21-44-20-19-43-18-17-42-16-15-41-14-13-40-12-11-38(2)3/h4-36H2,1-3H3. The zero-order valence-corrected chi connectivity index (χ0v) is 33.0. The van der Waals surface area contributed by atoms with Gasteiger partial charge in [-0.3, -0.25) is 4.79 Å². The molecule has 0 fully saturated rings. The molecule has 0 N–H and O–H groups in total. The van der Waals surface area contributed by atoms with Gasteiger partial charge in [-0.15, -0.1) is 0 Å². The van der Waals surface area contributed by atoms with Crippen LogP contribution >= 0.6 is 0 Å². The van der Waals surface area contributed by atoms with Crippen LogP contribution in [0.2, 0.25) is 0 Å². The van der Waals surface area contributed by atoms with Gasteiger partial charge in [0.25, 0.3) is 0 Å². The Morgan fingerprint density at radius 1 is 0.346 bits per heavy atom. The van der Waals surface area contributed by atoms with E-state index in [9.17, 15) is 4.79 Å². The molecular formula is C37H75NO14. The molecule has 0 aliphatic carbocycles. The average molecular weight is 758 g/mol. The number of esters is 1. The molecule has 312 valence electrons. The SMILES string of the molecule is CCCCCCCCC(=O)OCCOCCOCCOCCOCCOCCOCCOCCOCCOCCOCCOCCOCCN(C)C. The Kier molecular flexibility index (Phi) is 45.2. The minimum atomic E-state index is -0.144. The van der Waals surface area contributed by atoms with Crippen LogP contribution in [0, 0.1) is 0 Å². The summed E-state index contributed by atoms with van der Waals surface area (Å²) in [6.45, 7) is 15.7. The molecule has 0 aliphatic heterocycles. The molecule has 0 saturated carbocycles.